The zero-order valence-corrected chi connectivity index (χ0v) is 14.4. The molecular formula is C21H24N2O2. The lowest BCUT2D eigenvalue weighted by atomic mass is 9.98. The summed E-state index contributed by atoms with van der Waals surface area (Å²) >= 11 is 0. The maximum absolute atomic E-state index is 12.6. The van der Waals surface area contributed by atoms with Crippen molar-refractivity contribution in [2.75, 3.05) is 19.7 Å². The number of ether oxygens (including phenoxy) is 1. The summed E-state index contributed by atoms with van der Waals surface area (Å²) in [5.74, 6) is 0.118. The van der Waals surface area contributed by atoms with Gasteiger partial charge in [0.2, 0.25) is 0 Å². The van der Waals surface area contributed by atoms with Crippen molar-refractivity contribution < 1.29 is 9.53 Å². The van der Waals surface area contributed by atoms with Gasteiger partial charge in [-0.1, -0.05) is 48.5 Å². The van der Waals surface area contributed by atoms with Gasteiger partial charge in [0.15, 0.2) is 0 Å². The minimum absolute atomic E-state index is 0.118. The molecule has 1 aliphatic heterocycles. The highest BCUT2D eigenvalue weighted by Crippen LogP contribution is 2.44. The third-order valence-corrected chi connectivity index (χ3v) is 5.45. The van der Waals surface area contributed by atoms with E-state index in [1.807, 2.05) is 4.90 Å². The third kappa shape index (κ3) is 2.91. The van der Waals surface area contributed by atoms with Crippen LogP contribution in [0, 0.1) is 0 Å². The van der Waals surface area contributed by atoms with Crippen LogP contribution in [0.15, 0.2) is 48.5 Å². The fourth-order valence-electron chi connectivity index (χ4n) is 4.25. The van der Waals surface area contributed by atoms with Crippen molar-refractivity contribution in [3.05, 3.63) is 59.7 Å². The molecule has 2 N–H and O–H groups in total. The number of nitrogens with two attached hydrogens (primary N) is 1. The van der Waals surface area contributed by atoms with E-state index >= 15 is 0 Å². The monoisotopic (exact) mass is 336 g/mol. The van der Waals surface area contributed by atoms with Crippen LogP contribution in [0.3, 0.4) is 0 Å². The van der Waals surface area contributed by atoms with Gasteiger partial charge in [-0.2, -0.15) is 0 Å². The van der Waals surface area contributed by atoms with Gasteiger partial charge in [-0.15, -0.1) is 0 Å². The maximum Gasteiger partial charge on any atom is 0.410 e. The van der Waals surface area contributed by atoms with E-state index in [0.717, 1.165) is 25.8 Å². The van der Waals surface area contributed by atoms with Gasteiger partial charge in [0, 0.05) is 18.5 Å². The van der Waals surface area contributed by atoms with Crippen LogP contribution in [0.4, 0.5) is 4.79 Å². The number of nitrogens with zero attached hydrogens (tertiary/aromatic N) is 1. The average Bonchev–Trinajstić information content (AvgIpc) is 3.23. The Morgan fingerprint density at radius 3 is 2.36 bits per heavy atom. The minimum Gasteiger partial charge on any atom is -0.448 e. The number of carbonyl (C=O) groups is 1. The van der Waals surface area contributed by atoms with E-state index in [2.05, 4.69) is 48.5 Å². The standard InChI is InChI=1S/C21H24N2O2/c22-12-11-15-6-5-13-23(15)21(24)25-14-20-18-9-3-1-7-16(18)17-8-2-4-10-19(17)20/h1-4,7-10,15,20H,5-6,11-14,22H2/t15-/m1/s1. The lowest BCUT2D eigenvalue weighted by Crippen LogP contribution is -2.37. The number of hydrogen-bond acceptors (Lipinski definition) is 3. The quantitative estimate of drug-likeness (QED) is 0.925. The average molecular weight is 336 g/mol. The summed E-state index contributed by atoms with van der Waals surface area (Å²) in [5, 5.41) is 0. The molecule has 4 rings (SSSR count). The molecule has 25 heavy (non-hydrogen) atoms. The third-order valence-electron chi connectivity index (χ3n) is 5.45. The molecule has 0 aromatic heterocycles. The molecule has 4 heteroatoms. The Kier molecular flexibility index (Phi) is 4.45. The second kappa shape index (κ2) is 6.89. The van der Waals surface area contributed by atoms with E-state index in [1.54, 1.807) is 0 Å². The van der Waals surface area contributed by atoms with E-state index in [-0.39, 0.29) is 18.1 Å². The summed E-state index contributed by atoms with van der Waals surface area (Å²) in [6.07, 6.45) is 2.72. The first kappa shape index (κ1) is 16.2. The highest BCUT2D eigenvalue weighted by molar-refractivity contribution is 5.79. The first-order chi connectivity index (χ1) is 12.3. The summed E-state index contributed by atoms with van der Waals surface area (Å²) in [4.78, 5) is 14.4. The van der Waals surface area contributed by atoms with E-state index < -0.39 is 0 Å². The molecule has 1 fully saturated rings. The second-order valence-corrected chi connectivity index (χ2v) is 6.87. The highest BCUT2D eigenvalue weighted by Gasteiger charge is 2.32. The molecule has 0 saturated carbocycles. The molecule has 0 spiro atoms. The summed E-state index contributed by atoms with van der Waals surface area (Å²) in [5.41, 5.74) is 10.7. The Balaban J connectivity index is 1.51. The van der Waals surface area contributed by atoms with Gasteiger partial charge < -0.3 is 15.4 Å². The summed E-state index contributed by atoms with van der Waals surface area (Å²) in [6.45, 7) is 1.78. The summed E-state index contributed by atoms with van der Waals surface area (Å²) < 4.78 is 5.75. The fraction of sp³-hybridized carbons (Fsp3) is 0.381. The molecule has 130 valence electrons. The zero-order chi connectivity index (χ0) is 17.2. The van der Waals surface area contributed by atoms with Crippen molar-refractivity contribution in [2.45, 2.75) is 31.2 Å². The van der Waals surface area contributed by atoms with Crippen molar-refractivity contribution in [1.82, 2.24) is 4.90 Å². The molecule has 1 heterocycles. The Labute approximate surface area is 148 Å². The number of likely N-dealkylation sites (tertiary alicyclic amines) is 1. The number of benzene rings is 2. The lowest BCUT2D eigenvalue weighted by molar-refractivity contribution is 0.0947. The molecule has 1 atom stereocenters. The van der Waals surface area contributed by atoms with E-state index in [1.165, 1.54) is 22.3 Å². The number of hydrogen-bond donors (Lipinski definition) is 1. The fourth-order valence-corrected chi connectivity index (χ4v) is 4.25. The van der Waals surface area contributed by atoms with Crippen LogP contribution in [0.5, 0.6) is 0 Å². The topological polar surface area (TPSA) is 55.6 Å². The molecule has 2 aromatic rings. The predicted octanol–water partition coefficient (Wildman–Crippen LogP) is 3.75. The van der Waals surface area contributed by atoms with Crippen molar-refractivity contribution in [3.63, 3.8) is 0 Å². The molecule has 0 unspecified atom stereocenters. The van der Waals surface area contributed by atoms with Crippen molar-refractivity contribution in [1.29, 1.82) is 0 Å². The number of amides is 1. The van der Waals surface area contributed by atoms with Crippen molar-refractivity contribution in [3.8, 4) is 11.1 Å². The van der Waals surface area contributed by atoms with Crippen molar-refractivity contribution in [2.24, 2.45) is 5.73 Å². The first-order valence-corrected chi connectivity index (χ1v) is 9.11. The van der Waals surface area contributed by atoms with Crippen LogP contribution in [0.1, 0.15) is 36.3 Å². The van der Waals surface area contributed by atoms with Crippen LogP contribution < -0.4 is 5.73 Å². The molecule has 1 aliphatic carbocycles. The Bertz CT molecular complexity index is 728. The molecule has 2 aromatic carbocycles. The second-order valence-electron chi connectivity index (χ2n) is 6.87. The number of fused-ring (bicyclic) bond motifs is 3. The van der Waals surface area contributed by atoms with Crippen molar-refractivity contribution >= 4 is 6.09 Å². The zero-order valence-electron chi connectivity index (χ0n) is 14.4. The number of carbonyl (C=O) groups excluding carboxylic acids is 1. The lowest BCUT2D eigenvalue weighted by Gasteiger charge is -2.24. The van der Waals surface area contributed by atoms with Gasteiger partial charge in [-0.05, 0) is 48.1 Å². The van der Waals surface area contributed by atoms with Gasteiger partial charge in [0.25, 0.3) is 0 Å². The first-order valence-electron chi connectivity index (χ1n) is 9.11. The van der Waals surface area contributed by atoms with Gasteiger partial charge in [-0.3, -0.25) is 0 Å². The molecule has 4 nitrogen and oxygen atoms in total. The Hall–Kier alpha value is -2.33. The van der Waals surface area contributed by atoms with E-state index in [9.17, 15) is 4.79 Å². The molecule has 0 bridgehead atoms. The van der Waals surface area contributed by atoms with Crippen LogP contribution >= 0.6 is 0 Å². The number of rotatable bonds is 4. The molecule has 0 radical (unpaired) electrons. The highest BCUT2D eigenvalue weighted by atomic mass is 16.6. The van der Waals surface area contributed by atoms with Crippen LogP contribution in [-0.2, 0) is 4.74 Å². The van der Waals surface area contributed by atoms with Crippen LogP contribution in [0.2, 0.25) is 0 Å². The summed E-state index contributed by atoms with van der Waals surface area (Å²) in [6, 6.07) is 17.0. The van der Waals surface area contributed by atoms with E-state index in [4.69, 9.17) is 10.5 Å². The van der Waals surface area contributed by atoms with Crippen LogP contribution in [-0.4, -0.2) is 36.7 Å². The summed E-state index contributed by atoms with van der Waals surface area (Å²) in [7, 11) is 0. The maximum atomic E-state index is 12.6. The smallest absolute Gasteiger partial charge is 0.410 e. The van der Waals surface area contributed by atoms with Gasteiger partial charge in [-0.25, -0.2) is 4.79 Å². The molecule has 1 amide bonds. The Morgan fingerprint density at radius 2 is 1.72 bits per heavy atom. The van der Waals surface area contributed by atoms with Gasteiger partial charge in [0.05, 0.1) is 0 Å². The minimum atomic E-state index is -0.196. The molecular weight excluding hydrogens is 312 g/mol. The van der Waals surface area contributed by atoms with Gasteiger partial charge >= 0.3 is 6.09 Å². The van der Waals surface area contributed by atoms with Crippen LogP contribution in [0.25, 0.3) is 11.1 Å². The molecule has 2 aliphatic rings. The predicted molar refractivity (Wildman–Crippen MR) is 98.5 cm³/mol. The molecule has 1 saturated heterocycles. The Morgan fingerprint density at radius 1 is 1.08 bits per heavy atom. The normalized spacial score (nSPS) is 18.9. The van der Waals surface area contributed by atoms with E-state index in [0.29, 0.717) is 13.2 Å². The SMILES string of the molecule is NCC[C@H]1CCCN1C(=O)OCC1c2ccccc2-c2ccccc21. The largest absolute Gasteiger partial charge is 0.448 e. The van der Waals surface area contributed by atoms with Gasteiger partial charge in [0.1, 0.15) is 6.61 Å².